The molecule has 3 aromatic rings. The first-order valence-corrected chi connectivity index (χ1v) is 9.29. The first kappa shape index (κ1) is 18.4. The van der Waals surface area contributed by atoms with Crippen LogP contribution in [0.25, 0.3) is 10.9 Å². The summed E-state index contributed by atoms with van der Waals surface area (Å²) < 4.78 is 15.0. The van der Waals surface area contributed by atoms with Crippen molar-refractivity contribution in [3.63, 3.8) is 0 Å². The number of carbonyl (C=O) groups is 1. The van der Waals surface area contributed by atoms with Gasteiger partial charge in [-0.05, 0) is 36.2 Å². The summed E-state index contributed by atoms with van der Waals surface area (Å²) in [7, 11) is 0. The Morgan fingerprint density at radius 2 is 2.00 bits per heavy atom. The summed E-state index contributed by atoms with van der Waals surface area (Å²) >= 11 is 1.83. The van der Waals surface area contributed by atoms with E-state index in [4.69, 9.17) is 9.47 Å². The molecule has 0 amide bonds. The van der Waals surface area contributed by atoms with E-state index in [1.165, 1.54) is 0 Å². The van der Waals surface area contributed by atoms with Gasteiger partial charge in [0.1, 0.15) is 18.1 Å². The first-order chi connectivity index (χ1) is 12.7. The second-order valence-electron chi connectivity index (χ2n) is 5.72. The summed E-state index contributed by atoms with van der Waals surface area (Å²) in [5.41, 5.74) is 3.48. The SMILES string of the molecule is CCOC(=O)/C(Cc1c[nH]c2ccc(OCc3ccccc3)cc12)=N\I. The maximum absolute atomic E-state index is 12.0. The van der Waals surface area contributed by atoms with Crippen molar-refractivity contribution in [3.05, 3.63) is 65.9 Å². The summed E-state index contributed by atoms with van der Waals surface area (Å²) in [5.74, 6) is 0.402. The minimum atomic E-state index is -0.382. The van der Waals surface area contributed by atoms with E-state index >= 15 is 0 Å². The van der Waals surface area contributed by atoms with Gasteiger partial charge in [0.2, 0.25) is 0 Å². The number of nitrogens with one attached hydrogen (secondary N) is 1. The summed E-state index contributed by atoms with van der Waals surface area (Å²) in [6.45, 7) is 2.62. The maximum Gasteiger partial charge on any atom is 0.353 e. The van der Waals surface area contributed by atoms with E-state index in [2.05, 4.69) is 8.19 Å². The molecule has 0 saturated carbocycles. The summed E-state index contributed by atoms with van der Waals surface area (Å²) in [5, 5.41) is 1.01. The Labute approximate surface area is 165 Å². The monoisotopic (exact) mass is 462 g/mol. The van der Waals surface area contributed by atoms with Gasteiger partial charge in [-0.2, -0.15) is 0 Å². The molecule has 1 heterocycles. The van der Waals surface area contributed by atoms with Crippen molar-refractivity contribution in [2.24, 2.45) is 3.21 Å². The summed E-state index contributed by atoms with van der Waals surface area (Å²) in [4.78, 5) is 15.2. The Morgan fingerprint density at radius 1 is 1.19 bits per heavy atom. The highest BCUT2D eigenvalue weighted by Crippen LogP contribution is 2.25. The highest BCUT2D eigenvalue weighted by Gasteiger charge is 2.16. The summed E-state index contributed by atoms with van der Waals surface area (Å²) in [6.07, 6.45) is 2.30. The van der Waals surface area contributed by atoms with Gasteiger partial charge < -0.3 is 14.5 Å². The van der Waals surface area contributed by atoms with E-state index in [-0.39, 0.29) is 5.97 Å². The number of ether oxygens (including phenoxy) is 2. The zero-order chi connectivity index (χ0) is 18.4. The predicted molar refractivity (Wildman–Crippen MR) is 111 cm³/mol. The van der Waals surface area contributed by atoms with Crippen LogP contribution in [0.15, 0.2) is 57.9 Å². The third-order valence-electron chi connectivity index (χ3n) is 3.96. The van der Waals surface area contributed by atoms with Crippen LogP contribution < -0.4 is 4.74 Å². The topological polar surface area (TPSA) is 63.7 Å². The summed E-state index contributed by atoms with van der Waals surface area (Å²) in [6, 6.07) is 15.9. The molecule has 0 bridgehead atoms. The number of nitrogens with zero attached hydrogens (tertiary/aromatic N) is 1. The number of H-pyrrole nitrogens is 1. The molecule has 0 saturated heterocycles. The largest absolute Gasteiger partial charge is 0.489 e. The Bertz CT molecular complexity index is 919. The van der Waals surface area contributed by atoms with Crippen LogP contribution in [0.4, 0.5) is 0 Å². The fourth-order valence-corrected chi connectivity index (χ4v) is 3.03. The molecule has 0 atom stereocenters. The van der Waals surface area contributed by atoms with Crippen molar-refractivity contribution in [2.45, 2.75) is 20.0 Å². The normalized spacial score (nSPS) is 11.5. The van der Waals surface area contributed by atoms with Gasteiger partial charge in [-0.3, -0.25) is 0 Å². The number of halogens is 1. The molecule has 1 N–H and O–H groups in total. The standard InChI is InChI=1S/C20H19IN2O3/c1-2-25-20(24)19(23-21)10-15-12-22-18-9-8-16(11-17(15)18)26-13-14-6-4-3-5-7-14/h3-9,11-12,22H,2,10,13H2,1H3/b23-19-. The van der Waals surface area contributed by atoms with Crippen LogP contribution in [-0.2, 0) is 22.6 Å². The first-order valence-electron chi connectivity index (χ1n) is 8.33. The molecule has 0 fully saturated rings. The minimum absolute atomic E-state index is 0.333. The average molecular weight is 462 g/mol. The number of hydrogen-bond acceptors (Lipinski definition) is 4. The lowest BCUT2D eigenvalue weighted by molar-refractivity contribution is -0.135. The molecule has 0 aliphatic carbocycles. The second-order valence-corrected chi connectivity index (χ2v) is 6.21. The molecule has 0 spiro atoms. The molecule has 1 aromatic heterocycles. The van der Waals surface area contributed by atoms with Gasteiger partial charge in [0.05, 0.1) is 29.5 Å². The van der Waals surface area contributed by atoms with E-state index in [9.17, 15) is 4.79 Å². The highest BCUT2D eigenvalue weighted by atomic mass is 127. The number of esters is 1. The number of hydrogen-bond donors (Lipinski definition) is 1. The Morgan fingerprint density at radius 3 is 2.73 bits per heavy atom. The zero-order valence-electron chi connectivity index (χ0n) is 14.4. The lowest BCUT2D eigenvalue weighted by Crippen LogP contribution is -2.19. The van der Waals surface area contributed by atoms with Crippen LogP contribution in [0, 0.1) is 0 Å². The molecular weight excluding hydrogens is 443 g/mol. The molecule has 6 heteroatoms. The van der Waals surface area contributed by atoms with Crippen LogP contribution in [0.5, 0.6) is 5.75 Å². The van der Waals surface area contributed by atoms with E-state index in [1.54, 1.807) is 6.92 Å². The van der Waals surface area contributed by atoms with Crippen molar-refractivity contribution in [1.29, 1.82) is 0 Å². The van der Waals surface area contributed by atoms with Crippen LogP contribution >= 0.6 is 22.9 Å². The van der Waals surface area contributed by atoms with Crippen molar-refractivity contribution >= 4 is 45.4 Å². The van der Waals surface area contributed by atoms with Gasteiger partial charge in [0.25, 0.3) is 0 Å². The molecule has 134 valence electrons. The van der Waals surface area contributed by atoms with Crippen molar-refractivity contribution in [1.82, 2.24) is 4.98 Å². The van der Waals surface area contributed by atoms with Crippen LogP contribution in [0.2, 0.25) is 0 Å². The van der Waals surface area contributed by atoms with Crippen LogP contribution in [0.1, 0.15) is 18.1 Å². The van der Waals surface area contributed by atoms with Gasteiger partial charge in [-0.15, -0.1) is 0 Å². The predicted octanol–water partition coefficient (Wildman–Crippen LogP) is 4.64. The van der Waals surface area contributed by atoms with Gasteiger partial charge in [0.15, 0.2) is 0 Å². The van der Waals surface area contributed by atoms with E-state index < -0.39 is 0 Å². The van der Waals surface area contributed by atoms with Crippen LogP contribution in [-0.4, -0.2) is 23.3 Å². The second kappa shape index (κ2) is 8.84. The van der Waals surface area contributed by atoms with E-state index in [0.29, 0.717) is 25.3 Å². The molecule has 26 heavy (non-hydrogen) atoms. The molecule has 2 aromatic carbocycles. The molecule has 0 aliphatic heterocycles. The number of carbonyl (C=O) groups excluding carboxylic acids is 1. The molecule has 0 radical (unpaired) electrons. The number of fused-ring (bicyclic) bond motifs is 1. The fourth-order valence-electron chi connectivity index (χ4n) is 2.67. The third-order valence-corrected chi connectivity index (χ3v) is 4.54. The number of rotatable bonds is 7. The molecule has 0 unspecified atom stereocenters. The van der Waals surface area contributed by atoms with Gasteiger partial charge in [0, 0.05) is 23.5 Å². The van der Waals surface area contributed by atoms with Crippen molar-refractivity contribution in [3.8, 4) is 5.75 Å². The van der Waals surface area contributed by atoms with Gasteiger partial charge in [-0.25, -0.2) is 8.00 Å². The van der Waals surface area contributed by atoms with Crippen LogP contribution in [0.3, 0.4) is 0 Å². The molecule has 5 nitrogen and oxygen atoms in total. The van der Waals surface area contributed by atoms with Gasteiger partial charge >= 0.3 is 5.97 Å². The molecular formula is C20H19IN2O3. The fraction of sp³-hybridized carbons (Fsp3) is 0.200. The quantitative estimate of drug-likeness (QED) is 0.316. The Hall–Kier alpha value is -2.35. The number of aromatic nitrogens is 1. The maximum atomic E-state index is 12.0. The lowest BCUT2D eigenvalue weighted by atomic mass is 10.1. The van der Waals surface area contributed by atoms with E-state index in [1.807, 2.05) is 77.6 Å². The molecule has 3 rings (SSSR count). The van der Waals surface area contributed by atoms with Gasteiger partial charge in [-0.1, -0.05) is 30.3 Å². The minimum Gasteiger partial charge on any atom is -0.489 e. The lowest BCUT2D eigenvalue weighted by Gasteiger charge is -2.07. The third kappa shape index (κ3) is 4.43. The zero-order valence-corrected chi connectivity index (χ0v) is 16.5. The van der Waals surface area contributed by atoms with Crippen molar-refractivity contribution in [2.75, 3.05) is 6.61 Å². The van der Waals surface area contributed by atoms with Crippen molar-refractivity contribution < 1.29 is 14.3 Å². The highest BCUT2D eigenvalue weighted by molar-refractivity contribution is 14.1. The number of benzene rings is 2. The Kier molecular flexibility index (Phi) is 6.27. The smallest absolute Gasteiger partial charge is 0.353 e. The van der Waals surface area contributed by atoms with E-state index in [0.717, 1.165) is 27.8 Å². The number of aromatic amines is 1. The Balaban J connectivity index is 1.78. The average Bonchev–Trinajstić information content (AvgIpc) is 3.07. The molecule has 0 aliphatic rings.